The lowest BCUT2D eigenvalue weighted by molar-refractivity contribution is -0.140. The molecule has 0 saturated carbocycles. The van der Waals surface area contributed by atoms with E-state index in [4.69, 9.17) is 15.3 Å². The zero-order valence-electron chi connectivity index (χ0n) is 7.77. The molecule has 0 aliphatic rings. The molecule has 0 rings (SSSR count). The van der Waals surface area contributed by atoms with E-state index in [2.05, 4.69) is 5.32 Å². The van der Waals surface area contributed by atoms with E-state index in [1.165, 1.54) is 0 Å². The van der Waals surface area contributed by atoms with Gasteiger partial charge in [-0.1, -0.05) is 0 Å². The third-order valence-electron chi connectivity index (χ3n) is 1.67. The molecule has 0 aliphatic carbocycles. The summed E-state index contributed by atoms with van der Waals surface area (Å²) in [6.45, 7) is 0.353. The smallest absolute Gasteiger partial charge is 0.320 e. The lowest BCUT2D eigenvalue weighted by Crippen LogP contribution is -2.37. The van der Waals surface area contributed by atoms with Crippen molar-refractivity contribution in [3.05, 3.63) is 0 Å². The van der Waals surface area contributed by atoms with Crippen LogP contribution in [0.25, 0.3) is 0 Å². The van der Waals surface area contributed by atoms with Crippen LogP contribution in [0.15, 0.2) is 0 Å². The van der Waals surface area contributed by atoms with Crippen LogP contribution in [0.5, 0.6) is 0 Å². The van der Waals surface area contributed by atoms with Crippen molar-refractivity contribution >= 4 is 11.9 Å². The first-order valence-corrected chi connectivity index (χ1v) is 4.36. The van der Waals surface area contributed by atoms with Crippen LogP contribution in [0.3, 0.4) is 0 Å². The van der Waals surface area contributed by atoms with Crippen LogP contribution < -0.4 is 5.32 Å². The quantitative estimate of drug-likeness (QED) is 0.389. The Balaban J connectivity index is 3.78. The van der Waals surface area contributed by atoms with Gasteiger partial charge in [0.2, 0.25) is 0 Å². The fourth-order valence-electron chi connectivity index (χ4n) is 0.936. The summed E-state index contributed by atoms with van der Waals surface area (Å²) < 4.78 is 0. The highest BCUT2D eigenvalue weighted by molar-refractivity contribution is 5.75. The molecule has 0 heterocycles. The summed E-state index contributed by atoms with van der Waals surface area (Å²) in [5.41, 5.74) is 0. The molecule has 0 aromatic carbocycles. The van der Waals surface area contributed by atoms with Crippen LogP contribution >= 0.6 is 0 Å². The summed E-state index contributed by atoms with van der Waals surface area (Å²) in [6.07, 6.45) is 0.329. The maximum Gasteiger partial charge on any atom is 0.320 e. The predicted octanol–water partition coefficient (Wildman–Crippen LogP) is -0.724. The van der Waals surface area contributed by atoms with Gasteiger partial charge in [0, 0.05) is 13.0 Å². The molecule has 1 atom stereocenters. The number of rotatable bonds is 8. The van der Waals surface area contributed by atoms with Gasteiger partial charge in [0.15, 0.2) is 0 Å². The first kappa shape index (κ1) is 12.9. The standard InChI is InChI=1S/C8H15NO5/c10-5-1-4-9-6(8(13)14)2-3-7(11)12/h6,9-10H,1-5H2,(H,11,12)(H,13,14)/t6-/m1/s1. The molecule has 82 valence electrons. The summed E-state index contributed by atoms with van der Waals surface area (Å²) in [6, 6.07) is -0.849. The zero-order chi connectivity index (χ0) is 11.0. The Morgan fingerprint density at radius 2 is 1.93 bits per heavy atom. The van der Waals surface area contributed by atoms with Crippen molar-refractivity contribution in [2.45, 2.75) is 25.3 Å². The summed E-state index contributed by atoms with van der Waals surface area (Å²) in [7, 11) is 0. The maximum absolute atomic E-state index is 10.6. The average molecular weight is 205 g/mol. The number of hydrogen-bond donors (Lipinski definition) is 4. The number of nitrogens with one attached hydrogen (secondary N) is 1. The van der Waals surface area contributed by atoms with E-state index >= 15 is 0 Å². The fraction of sp³-hybridized carbons (Fsp3) is 0.750. The average Bonchev–Trinajstić information content (AvgIpc) is 2.10. The molecule has 0 aromatic heterocycles. The SMILES string of the molecule is O=C(O)CC[C@@H](NCCCO)C(=O)O. The number of hydrogen-bond acceptors (Lipinski definition) is 4. The predicted molar refractivity (Wildman–Crippen MR) is 48.0 cm³/mol. The Morgan fingerprint density at radius 3 is 2.36 bits per heavy atom. The van der Waals surface area contributed by atoms with E-state index in [0.29, 0.717) is 13.0 Å². The Morgan fingerprint density at radius 1 is 1.29 bits per heavy atom. The van der Waals surface area contributed by atoms with Gasteiger partial charge >= 0.3 is 11.9 Å². The van der Waals surface area contributed by atoms with Gasteiger partial charge in [-0.3, -0.25) is 9.59 Å². The molecule has 4 N–H and O–H groups in total. The lowest BCUT2D eigenvalue weighted by atomic mass is 10.1. The van der Waals surface area contributed by atoms with Crippen LogP contribution in [-0.2, 0) is 9.59 Å². The molecule has 6 heteroatoms. The monoisotopic (exact) mass is 205 g/mol. The van der Waals surface area contributed by atoms with Crippen molar-refractivity contribution in [3.8, 4) is 0 Å². The minimum absolute atomic E-state index is 0.0156. The first-order valence-electron chi connectivity index (χ1n) is 4.36. The van der Waals surface area contributed by atoms with E-state index in [1.54, 1.807) is 0 Å². The summed E-state index contributed by atoms with van der Waals surface area (Å²) in [4.78, 5) is 20.8. The minimum Gasteiger partial charge on any atom is -0.481 e. The van der Waals surface area contributed by atoms with Gasteiger partial charge in [0.05, 0.1) is 0 Å². The van der Waals surface area contributed by atoms with Crippen LogP contribution in [0.2, 0.25) is 0 Å². The Hall–Kier alpha value is -1.14. The largest absolute Gasteiger partial charge is 0.481 e. The molecule has 6 nitrogen and oxygen atoms in total. The van der Waals surface area contributed by atoms with Gasteiger partial charge < -0.3 is 20.6 Å². The fourth-order valence-corrected chi connectivity index (χ4v) is 0.936. The number of carbonyl (C=O) groups is 2. The second-order valence-corrected chi connectivity index (χ2v) is 2.85. The van der Waals surface area contributed by atoms with Crippen molar-refractivity contribution < 1.29 is 24.9 Å². The van der Waals surface area contributed by atoms with Gasteiger partial charge in [-0.25, -0.2) is 0 Å². The third kappa shape index (κ3) is 6.38. The second kappa shape index (κ2) is 7.28. The molecular weight excluding hydrogens is 190 g/mol. The summed E-state index contributed by atoms with van der Waals surface area (Å²) >= 11 is 0. The molecule has 0 fully saturated rings. The number of carboxylic acid groups (broad SMARTS) is 2. The number of aliphatic hydroxyl groups excluding tert-OH is 1. The molecule has 0 aromatic rings. The lowest BCUT2D eigenvalue weighted by Gasteiger charge is -2.12. The van der Waals surface area contributed by atoms with Crippen molar-refractivity contribution in [1.82, 2.24) is 5.32 Å². The number of aliphatic hydroxyl groups is 1. The van der Waals surface area contributed by atoms with Gasteiger partial charge in [0.25, 0.3) is 0 Å². The van der Waals surface area contributed by atoms with Gasteiger partial charge in [-0.15, -0.1) is 0 Å². The van der Waals surface area contributed by atoms with E-state index in [9.17, 15) is 9.59 Å². The van der Waals surface area contributed by atoms with E-state index in [0.717, 1.165) is 0 Å². The normalized spacial score (nSPS) is 12.4. The molecule has 0 saturated heterocycles. The molecular formula is C8H15NO5. The first-order chi connectivity index (χ1) is 6.57. The number of aliphatic carboxylic acids is 2. The van der Waals surface area contributed by atoms with Crippen LogP contribution in [0.4, 0.5) is 0 Å². The van der Waals surface area contributed by atoms with Crippen molar-refractivity contribution in [3.63, 3.8) is 0 Å². The molecule has 0 spiro atoms. The Bertz CT molecular complexity index is 194. The molecule has 0 bridgehead atoms. The van der Waals surface area contributed by atoms with Gasteiger partial charge in [-0.05, 0) is 19.4 Å². The molecule has 0 unspecified atom stereocenters. The summed E-state index contributed by atoms with van der Waals surface area (Å²) in [5, 5.41) is 28.1. The van der Waals surface area contributed by atoms with E-state index in [1.807, 2.05) is 0 Å². The highest BCUT2D eigenvalue weighted by Gasteiger charge is 2.17. The molecule has 0 aliphatic heterocycles. The minimum atomic E-state index is -1.07. The van der Waals surface area contributed by atoms with Crippen LogP contribution in [0, 0.1) is 0 Å². The Kier molecular flexibility index (Phi) is 6.69. The maximum atomic E-state index is 10.6. The van der Waals surface area contributed by atoms with Crippen molar-refractivity contribution in [1.29, 1.82) is 0 Å². The van der Waals surface area contributed by atoms with E-state index in [-0.39, 0.29) is 19.4 Å². The van der Waals surface area contributed by atoms with Crippen molar-refractivity contribution in [2.24, 2.45) is 0 Å². The Labute approximate surface area is 81.5 Å². The third-order valence-corrected chi connectivity index (χ3v) is 1.67. The van der Waals surface area contributed by atoms with Crippen LogP contribution in [0.1, 0.15) is 19.3 Å². The van der Waals surface area contributed by atoms with Gasteiger partial charge in [-0.2, -0.15) is 0 Å². The zero-order valence-corrected chi connectivity index (χ0v) is 7.77. The highest BCUT2D eigenvalue weighted by Crippen LogP contribution is 1.97. The molecule has 0 amide bonds. The van der Waals surface area contributed by atoms with Crippen LogP contribution in [-0.4, -0.2) is 46.5 Å². The molecule has 0 radical (unpaired) electrons. The highest BCUT2D eigenvalue weighted by atomic mass is 16.4. The molecule has 14 heavy (non-hydrogen) atoms. The summed E-state index contributed by atoms with van der Waals surface area (Å²) in [5.74, 6) is -2.08. The van der Waals surface area contributed by atoms with Crippen molar-refractivity contribution in [2.75, 3.05) is 13.2 Å². The second-order valence-electron chi connectivity index (χ2n) is 2.85. The number of carboxylic acids is 2. The topological polar surface area (TPSA) is 107 Å². The van der Waals surface area contributed by atoms with Gasteiger partial charge in [0.1, 0.15) is 6.04 Å². The van der Waals surface area contributed by atoms with E-state index < -0.39 is 18.0 Å².